The molecule has 27 heavy (non-hydrogen) atoms. The summed E-state index contributed by atoms with van der Waals surface area (Å²) in [5.41, 5.74) is 5.15. The van der Waals surface area contributed by atoms with Crippen molar-refractivity contribution in [3.8, 4) is 5.75 Å². The second-order valence-electron chi connectivity index (χ2n) is 7.33. The number of amides is 2. The summed E-state index contributed by atoms with van der Waals surface area (Å²) in [4.78, 5) is 35.8. The van der Waals surface area contributed by atoms with E-state index in [2.05, 4.69) is 10.9 Å². The van der Waals surface area contributed by atoms with Crippen LogP contribution in [0.25, 0.3) is 0 Å². The van der Waals surface area contributed by atoms with Crippen molar-refractivity contribution in [2.75, 3.05) is 0 Å². The van der Waals surface area contributed by atoms with E-state index >= 15 is 0 Å². The summed E-state index contributed by atoms with van der Waals surface area (Å²) in [6.45, 7) is 0. The van der Waals surface area contributed by atoms with E-state index < -0.39 is 29.6 Å². The highest BCUT2D eigenvalue weighted by Crippen LogP contribution is 2.30. The Morgan fingerprint density at radius 1 is 0.852 bits per heavy atom. The van der Waals surface area contributed by atoms with Crippen molar-refractivity contribution in [1.29, 1.82) is 0 Å². The lowest BCUT2D eigenvalue weighted by atomic mass is 9.79. The second-order valence-corrected chi connectivity index (χ2v) is 7.33. The van der Waals surface area contributed by atoms with Gasteiger partial charge in [0.2, 0.25) is 5.91 Å². The minimum atomic E-state index is -0.959. The van der Waals surface area contributed by atoms with Gasteiger partial charge >= 0.3 is 5.97 Å². The van der Waals surface area contributed by atoms with Crippen LogP contribution in [0.1, 0.15) is 61.7 Å². The Morgan fingerprint density at radius 3 is 2.07 bits per heavy atom. The van der Waals surface area contributed by atoms with Gasteiger partial charge in [0.05, 0.1) is 17.9 Å². The number of hydrogen-bond donors (Lipinski definition) is 3. The quantitative estimate of drug-likeness (QED) is 0.687. The molecule has 3 rings (SSSR count). The molecule has 0 radical (unpaired) electrons. The van der Waals surface area contributed by atoms with E-state index in [1.165, 1.54) is 12.8 Å². The lowest BCUT2D eigenvalue weighted by Gasteiger charge is -2.27. The van der Waals surface area contributed by atoms with E-state index in [1.807, 2.05) is 0 Å². The molecule has 0 aliphatic heterocycles. The number of aliphatic carboxylic acids is 1. The Bertz CT molecular complexity index is 682. The molecule has 7 nitrogen and oxygen atoms in total. The zero-order chi connectivity index (χ0) is 19.2. The van der Waals surface area contributed by atoms with Gasteiger partial charge in [-0.1, -0.05) is 12.8 Å². The van der Waals surface area contributed by atoms with Crippen LogP contribution >= 0.6 is 0 Å². The minimum absolute atomic E-state index is 0.252. The number of carboxylic acids is 1. The molecule has 0 heterocycles. The van der Waals surface area contributed by atoms with Gasteiger partial charge in [-0.3, -0.25) is 25.2 Å². The summed E-state index contributed by atoms with van der Waals surface area (Å²) in [5.74, 6) is -2.43. The third-order valence-electron chi connectivity index (χ3n) is 5.44. The van der Waals surface area contributed by atoms with Gasteiger partial charge in [0.15, 0.2) is 0 Å². The van der Waals surface area contributed by atoms with Crippen LogP contribution in [0.3, 0.4) is 0 Å². The molecule has 2 aliphatic rings. The van der Waals surface area contributed by atoms with Crippen molar-refractivity contribution in [2.45, 2.75) is 57.5 Å². The molecule has 0 spiro atoms. The fourth-order valence-electron chi connectivity index (χ4n) is 3.91. The molecular weight excluding hydrogens is 348 g/mol. The van der Waals surface area contributed by atoms with Gasteiger partial charge in [-0.15, -0.1) is 0 Å². The van der Waals surface area contributed by atoms with Crippen LogP contribution in [0.5, 0.6) is 5.75 Å². The van der Waals surface area contributed by atoms with E-state index in [0.29, 0.717) is 18.4 Å². The van der Waals surface area contributed by atoms with Gasteiger partial charge in [0, 0.05) is 5.56 Å². The third-order valence-corrected chi connectivity index (χ3v) is 5.44. The fraction of sp³-hybridized carbons (Fsp3) is 0.550. The standard InChI is InChI=1S/C20H26N2O5/c23-18(13-9-11-15(12-10-13)27-14-5-1-2-6-14)21-22-19(24)16-7-3-4-8-17(16)20(25)26/h9-12,14,16-17H,1-8H2,(H,21,23)(H,22,24)(H,25,26)/t16-,17+/m1/s1. The molecule has 2 saturated carbocycles. The molecule has 0 saturated heterocycles. The summed E-state index contributed by atoms with van der Waals surface area (Å²) >= 11 is 0. The molecular formula is C20H26N2O5. The third kappa shape index (κ3) is 4.99. The highest BCUT2D eigenvalue weighted by molar-refractivity contribution is 5.96. The number of ether oxygens (including phenoxy) is 1. The van der Waals surface area contributed by atoms with Crippen molar-refractivity contribution >= 4 is 17.8 Å². The van der Waals surface area contributed by atoms with E-state index in [4.69, 9.17) is 4.74 Å². The van der Waals surface area contributed by atoms with Gasteiger partial charge in [-0.25, -0.2) is 0 Å². The molecule has 2 fully saturated rings. The maximum Gasteiger partial charge on any atom is 0.307 e. The maximum atomic E-state index is 12.3. The molecule has 3 N–H and O–H groups in total. The molecule has 7 heteroatoms. The summed E-state index contributed by atoms with van der Waals surface area (Å²) < 4.78 is 5.86. The largest absolute Gasteiger partial charge is 0.490 e. The van der Waals surface area contributed by atoms with Crippen LogP contribution in [0.2, 0.25) is 0 Å². The summed E-state index contributed by atoms with van der Waals surface area (Å²) in [6.07, 6.45) is 7.39. The van der Waals surface area contributed by atoms with Crippen LogP contribution in [-0.4, -0.2) is 29.0 Å². The SMILES string of the molecule is O=C(NNC(=O)[C@@H]1CCCC[C@@H]1C(=O)O)c1ccc(OC2CCCC2)cc1. The molecule has 0 unspecified atom stereocenters. The molecule has 146 valence electrons. The highest BCUT2D eigenvalue weighted by Gasteiger charge is 2.35. The van der Waals surface area contributed by atoms with Crippen molar-refractivity contribution in [3.63, 3.8) is 0 Å². The first-order valence-corrected chi connectivity index (χ1v) is 9.64. The first kappa shape index (κ1) is 19.2. The van der Waals surface area contributed by atoms with E-state index in [0.717, 1.165) is 31.4 Å². The summed E-state index contributed by atoms with van der Waals surface area (Å²) in [6, 6.07) is 6.78. The molecule has 1 aromatic rings. The Morgan fingerprint density at radius 2 is 1.44 bits per heavy atom. The smallest absolute Gasteiger partial charge is 0.307 e. The van der Waals surface area contributed by atoms with Crippen molar-refractivity contribution in [2.24, 2.45) is 11.8 Å². The number of carbonyl (C=O) groups is 3. The zero-order valence-electron chi connectivity index (χ0n) is 15.3. The zero-order valence-corrected chi connectivity index (χ0v) is 15.3. The molecule has 1 aromatic carbocycles. The predicted molar refractivity (Wildman–Crippen MR) is 98.0 cm³/mol. The van der Waals surface area contributed by atoms with Crippen LogP contribution in [0.15, 0.2) is 24.3 Å². The first-order chi connectivity index (χ1) is 13.0. The maximum absolute atomic E-state index is 12.3. The van der Waals surface area contributed by atoms with Gasteiger partial charge in [-0.05, 0) is 62.8 Å². The predicted octanol–water partition coefficient (Wildman–Crippen LogP) is 2.66. The van der Waals surface area contributed by atoms with Crippen LogP contribution in [0.4, 0.5) is 0 Å². The van der Waals surface area contributed by atoms with Crippen LogP contribution in [0, 0.1) is 11.8 Å². The fourth-order valence-corrected chi connectivity index (χ4v) is 3.91. The van der Waals surface area contributed by atoms with Gasteiger partial charge < -0.3 is 9.84 Å². The number of carboxylic acid groups (broad SMARTS) is 1. The number of hydrazine groups is 1. The molecule has 2 atom stereocenters. The van der Waals surface area contributed by atoms with Gasteiger partial charge in [0.1, 0.15) is 5.75 Å². The lowest BCUT2D eigenvalue weighted by Crippen LogP contribution is -2.47. The molecule has 0 bridgehead atoms. The van der Waals surface area contributed by atoms with Crippen molar-refractivity contribution in [1.82, 2.24) is 10.9 Å². The Balaban J connectivity index is 1.50. The van der Waals surface area contributed by atoms with E-state index in [-0.39, 0.29) is 6.10 Å². The van der Waals surface area contributed by atoms with Crippen molar-refractivity contribution in [3.05, 3.63) is 29.8 Å². The average Bonchev–Trinajstić information content (AvgIpc) is 3.19. The minimum Gasteiger partial charge on any atom is -0.490 e. The topological polar surface area (TPSA) is 105 Å². The molecule has 0 aromatic heterocycles. The van der Waals surface area contributed by atoms with E-state index in [1.54, 1.807) is 24.3 Å². The molecule has 2 amide bonds. The Kier molecular flexibility index (Phi) is 6.32. The lowest BCUT2D eigenvalue weighted by molar-refractivity contribution is -0.149. The van der Waals surface area contributed by atoms with Gasteiger partial charge in [0.25, 0.3) is 5.91 Å². The van der Waals surface area contributed by atoms with Crippen molar-refractivity contribution < 1.29 is 24.2 Å². The number of rotatable bonds is 5. The van der Waals surface area contributed by atoms with Crippen LogP contribution < -0.4 is 15.6 Å². The first-order valence-electron chi connectivity index (χ1n) is 9.64. The summed E-state index contributed by atoms with van der Waals surface area (Å²) in [7, 11) is 0. The normalized spacial score (nSPS) is 22.8. The monoisotopic (exact) mass is 374 g/mol. The number of benzene rings is 1. The molecule has 2 aliphatic carbocycles. The average molecular weight is 374 g/mol. The number of hydrogen-bond acceptors (Lipinski definition) is 4. The number of nitrogens with one attached hydrogen (secondary N) is 2. The van der Waals surface area contributed by atoms with Gasteiger partial charge in [-0.2, -0.15) is 0 Å². The number of carbonyl (C=O) groups excluding carboxylic acids is 2. The Hall–Kier alpha value is -2.57. The second kappa shape index (κ2) is 8.88. The Labute approximate surface area is 158 Å². The summed E-state index contributed by atoms with van der Waals surface area (Å²) in [5, 5.41) is 9.26. The van der Waals surface area contributed by atoms with Crippen LogP contribution in [-0.2, 0) is 9.59 Å². The van der Waals surface area contributed by atoms with E-state index in [9.17, 15) is 19.5 Å². The highest BCUT2D eigenvalue weighted by atomic mass is 16.5.